The normalized spacial score (nSPS) is 11.5. The highest BCUT2D eigenvalue weighted by molar-refractivity contribution is 7.11. The Balaban J connectivity index is 2.13. The molecule has 0 aliphatic carbocycles. The minimum atomic E-state index is -4.34. The number of hydrogen-bond donors (Lipinski definition) is 1. The summed E-state index contributed by atoms with van der Waals surface area (Å²) in [5.41, 5.74) is 4.67. The van der Waals surface area contributed by atoms with E-state index in [4.69, 9.17) is 10.5 Å². The number of hydrogen-bond acceptors (Lipinski definition) is 4. The molecule has 2 aromatic rings. The van der Waals surface area contributed by atoms with E-state index < -0.39 is 11.7 Å². The summed E-state index contributed by atoms with van der Waals surface area (Å²) < 4.78 is 42.1. The van der Waals surface area contributed by atoms with Crippen molar-refractivity contribution >= 4 is 17.2 Å². The highest BCUT2D eigenvalue weighted by Crippen LogP contribution is 2.32. The van der Waals surface area contributed by atoms with E-state index >= 15 is 0 Å². The molecular weight excluding hydrogens is 253 g/mol. The smallest absolute Gasteiger partial charge is 0.416 e. The molecule has 0 aliphatic rings. The van der Waals surface area contributed by atoms with E-state index in [1.807, 2.05) is 0 Å². The number of thiazole rings is 1. The molecule has 0 radical (unpaired) electrons. The molecular formula is C10H7F3N2OS. The first kappa shape index (κ1) is 11.7. The number of nitrogen functional groups attached to an aromatic ring is 1. The summed E-state index contributed by atoms with van der Waals surface area (Å²) in [7, 11) is 0. The van der Waals surface area contributed by atoms with Gasteiger partial charge in [-0.15, -0.1) is 0 Å². The average molecular weight is 260 g/mol. The van der Waals surface area contributed by atoms with Gasteiger partial charge in [0.05, 0.1) is 5.56 Å². The van der Waals surface area contributed by atoms with Crippen LogP contribution in [0.15, 0.2) is 29.6 Å². The third-order valence-corrected chi connectivity index (χ3v) is 2.62. The largest absolute Gasteiger partial charge is 0.431 e. The lowest BCUT2D eigenvalue weighted by Crippen LogP contribution is -2.03. The molecule has 0 amide bonds. The van der Waals surface area contributed by atoms with Gasteiger partial charge in [0.25, 0.3) is 5.19 Å². The van der Waals surface area contributed by atoms with Crippen LogP contribution in [-0.4, -0.2) is 4.98 Å². The Hall–Kier alpha value is -1.76. The van der Waals surface area contributed by atoms with Gasteiger partial charge < -0.3 is 10.5 Å². The van der Waals surface area contributed by atoms with Gasteiger partial charge in [0.2, 0.25) is 0 Å². The van der Waals surface area contributed by atoms with Crippen molar-refractivity contribution in [2.24, 2.45) is 0 Å². The van der Waals surface area contributed by atoms with Gasteiger partial charge in [-0.1, -0.05) is 11.3 Å². The van der Waals surface area contributed by atoms with Gasteiger partial charge in [-0.2, -0.15) is 18.2 Å². The second-order valence-electron chi connectivity index (χ2n) is 3.16. The van der Waals surface area contributed by atoms with E-state index in [-0.39, 0.29) is 5.75 Å². The summed E-state index contributed by atoms with van der Waals surface area (Å²) in [5.74, 6) is 0.601. The number of alkyl halides is 3. The van der Waals surface area contributed by atoms with Gasteiger partial charge in [-0.25, -0.2) is 0 Å². The Morgan fingerprint density at radius 3 is 2.29 bits per heavy atom. The maximum atomic E-state index is 12.3. The molecule has 0 atom stereocenters. The van der Waals surface area contributed by atoms with Gasteiger partial charge in [0.15, 0.2) is 0 Å². The molecule has 0 aliphatic heterocycles. The maximum Gasteiger partial charge on any atom is 0.416 e. The van der Waals surface area contributed by atoms with Crippen molar-refractivity contribution in [1.82, 2.24) is 4.98 Å². The number of rotatable bonds is 2. The van der Waals surface area contributed by atoms with Gasteiger partial charge in [-0.3, -0.25) is 0 Å². The monoisotopic (exact) mass is 260 g/mol. The third-order valence-electron chi connectivity index (χ3n) is 1.89. The van der Waals surface area contributed by atoms with Crippen LogP contribution in [0.5, 0.6) is 10.9 Å². The zero-order valence-corrected chi connectivity index (χ0v) is 9.18. The first-order chi connectivity index (χ1) is 7.95. The number of anilines is 1. The Labute approximate surface area is 98.7 Å². The summed E-state index contributed by atoms with van der Waals surface area (Å²) in [6.45, 7) is 0. The second-order valence-corrected chi connectivity index (χ2v) is 3.98. The summed E-state index contributed by atoms with van der Waals surface area (Å²) in [5, 5.41) is 1.88. The van der Waals surface area contributed by atoms with Crippen LogP contribution in [0.2, 0.25) is 0 Å². The number of ether oxygens (including phenoxy) is 1. The molecule has 1 heterocycles. The van der Waals surface area contributed by atoms with Crippen LogP contribution in [0.4, 0.5) is 19.0 Å². The molecule has 2 rings (SSSR count). The van der Waals surface area contributed by atoms with Crippen molar-refractivity contribution < 1.29 is 17.9 Å². The molecule has 1 aromatic carbocycles. The first-order valence-corrected chi connectivity index (χ1v) is 5.39. The molecule has 1 aromatic heterocycles. The third kappa shape index (κ3) is 2.88. The Morgan fingerprint density at radius 2 is 1.82 bits per heavy atom. The minimum absolute atomic E-state index is 0.285. The Bertz CT molecular complexity index is 507. The quantitative estimate of drug-likeness (QED) is 0.898. The van der Waals surface area contributed by atoms with Crippen molar-refractivity contribution in [1.29, 1.82) is 0 Å². The highest BCUT2D eigenvalue weighted by Gasteiger charge is 2.30. The second kappa shape index (κ2) is 4.25. The number of nitrogens with two attached hydrogens (primary N) is 1. The molecule has 0 unspecified atom stereocenters. The van der Waals surface area contributed by atoms with E-state index in [2.05, 4.69) is 4.98 Å². The molecule has 0 fully saturated rings. The predicted molar refractivity (Wildman–Crippen MR) is 58.0 cm³/mol. The SMILES string of the molecule is Nc1csc(Oc2ccc(C(F)(F)F)cc2)n1. The number of aromatic nitrogens is 1. The predicted octanol–water partition coefficient (Wildman–Crippen LogP) is 3.54. The Morgan fingerprint density at radius 1 is 1.18 bits per heavy atom. The molecule has 90 valence electrons. The van der Waals surface area contributed by atoms with Gasteiger partial charge in [0.1, 0.15) is 11.6 Å². The van der Waals surface area contributed by atoms with Crippen molar-refractivity contribution in [3.8, 4) is 10.9 Å². The Kier molecular flexibility index (Phi) is 2.93. The van der Waals surface area contributed by atoms with Gasteiger partial charge in [0, 0.05) is 5.38 Å². The fraction of sp³-hybridized carbons (Fsp3) is 0.100. The van der Waals surface area contributed by atoms with E-state index in [0.29, 0.717) is 11.0 Å². The summed E-state index contributed by atoms with van der Waals surface area (Å²) in [6.07, 6.45) is -4.34. The molecule has 0 spiro atoms. The topological polar surface area (TPSA) is 48.1 Å². The number of benzene rings is 1. The molecule has 0 saturated carbocycles. The summed E-state index contributed by atoms with van der Waals surface area (Å²) >= 11 is 1.17. The van der Waals surface area contributed by atoms with Crippen molar-refractivity contribution in [3.63, 3.8) is 0 Å². The lowest BCUT2D eigenvalue weighted by atomic mass is 10.2. The van der Waals surface area contributed by atoms with Crippen molar-refractivity contribution in [2.75, 3.05) is 5.73 Å². The fourth-order valence-corrected chi connectivity index (χ4v) is 1.71. The minimum Gasteiger partial charge on any atom is -0.431 e. The zero-order chi connectivity index (χ0) is 12.5. The van der Waals surface area contributed by atoms with Crippen molar-refractivity contribution in [2.45, 2.75) is 6.18 Å². The molecule has 7 heteroatoms. The van der Waals surface area contributed by atoms with Crippen LogP contribution in [0, 0.1) is 0 Å². The standard InChI is InChI=1S/C10H7F3N2OS/c11-10(12,13)6-1-3-7(4-2-6)16-9-15-8(14)5-17-9/h1-5H,14H2. The van der Waals surface area contributed by atoms with Crippen molar-refractivity contribution in [3.05, 3.63) is 35.2 Å². The van der Waals surface area contributed by atoms with E-state index in [1.165, 1.54) is 23.5 Å². The van der Waals surface area contributed by atoms with Crippen LogP contribution in [-0.2, 0) is 6.18 Å². The van der Waals surface area contributed by atoms with Crippen LogP contribution >= 0.6 is 11.3 Å². The highest BCUT2D eigenvalue weighted by atomic mass is 32.1. The fourth-order valence-electron chi connectivity index (χ4n) is 1.13. The van der Waals surface area contributed by atoms with E-state index in [9.17, 15) is 13.2 Å². The first-order valence-electron chi connectivity index (χ1n) is 4.51. The maximum absolute atomic E-state index is 12.3. The average Bonchev–Trinajstić information content (AvgIpc) is 2.63. The number of halogens is 3. The lowest BCUT2D eigenvalue weighted by molar-refractivity contribution is -0.137. The molecule has 0 bridgehead atoms. The molecule has 3 nitrogen and oxygen atoms in total. The van der Waals surface area contributed by atoms with Crippen LogP contribution in [0.3, 0.4) is 0 Å². The van der Waals surface area contributed by atoms with Gasteiger partial charge >= 0.3 is 6.18 Å². The lowest BCUT2D eigenvalue weighted by Gasteiger charge is -2.07. The van der Waals surface area contributed by atoms with Crippen LogP contribution < -0.4 is 10.5 Å². The number of nitrogens with zero attached hydrogens (tertiary/aromatic N) is 1. The summed E-state index contributed by atoms with van der Waals surface area (Å²) in [4.78, 5) is 3.83. The van der Waals surface area contributed by atoms with Crippen LogP contribution in [0.1, 0.15) is 5.56 Å². The van der Waals surface area contributed by atoms with E-state index in [1.54, 1.807) is 5.38 Å². The zero-order valence-electron chi connectivity index (χ0n) is 8.36. The van der Waals surface area contributed by atoms with E-state index in [0.717, 1.165) is 12.1 Å². The molecule has 0 saturated heterocycles. The van der Waals surface area contributed by atoms with Gasteiger partial charge in [-0.05, 0) is 24.3 Å². The molecule has 17 heavy (non-hydrogen) atoms. The molecule has 2 N–H and O–H groups in total. The van der Waals surface area contributed by atoms with Crippen LogP contribution in [0.25, 0.3) is 0 Å². The summed E-state index contributed by atoms with van der Waals surface area (Å²) in [6, 6.07) is 4.37.